The third kappa shape index (κ3) is 4.08. The van der Waals surface area contributed by atoms with Gasteiger partial charge in [0.25, 0.3) is 0 Å². The van der Waals surface area contributed by atoms with Crippen LogP contribution in [0.2, 0.25) is 0 Å². The second kappa shape index (κ2) is 8.21. The fourth-order valence-electron chi connectivity index (χ4n) is 4.16. The smallest absolute Gasteiger partial charge is 0.0316 e. The van der Waals surface area contributed by atoms with E-state index in [1.165, 1.54) is 0 Å². The monoisotopic (exact) mass is 394 g/mol. The third-order valence-electron chi connectivity index (χ3n) is 5.41. The summed E-state index contributed by atoms with van der Waals surface area (Å²) in [6, 6.07) is 32.1. The first-order valence-corrected chi connectivity index (χ1v) is 9.93. The van der Waals surface area contributed by atoms with Crippen LogP contribution in [0.3, 0.4) is 0 Å². The van der Waals surface area contributed by atoms with Crippen molar-refractivity contribution in [1.82, 2.24) is 0 Å². The summed E-state index contributed by atoms with van der Waals surface area (Å²) < 4.78 is 0. The Morgan fingerprint density at radius 1 is 0.367 bits per heavy atom. The fraction of sp³-hybridized carbons (Fsp3) is 0.0769. The lowest BCUT2D eigenvalue weighted by Crippen LogP contribution is -2.16. The predicted molar refractivity (Wildman–Crippen MR) is 127 cm³/mol. The minimum absolute atomic E-state index is 0.0272. The normalized spacial score (nSPS) is 11.1. The summed E-state index contributed by atoms with van der Waals surface area (Å²) in [4.78, 5) is 0. The zero-order valence-corrected chi connectivity index (χ0v) is 16.7. The molecule has 0 bridgehead atoms. The molecule has 0 aliphatic rings. The van der Waals surface area contributed by atoms with Gasteiger partial charge in [0.1, 0.15) is 0 Å². The molecule has 0 unspecified atom stereocenters. The van der Waals surface area contributed by atoms with Crippen LogP contribution in [0.15, 0.2) is 97.1 Å². The first-order valence-electron chi connectivity index (χ1n) is 9.93. The molecule has 4 nitrogen and oxygen atoms in total. The zero-order valence-electron chi connectivity index (χ0n) is 16.7. The molecule has 0 saturated heterocycles. The highest BCUT2D eigenvalue weighted by atomic mass is 14.6. The van der Waals surface area contributed by atoms with E-state index in [9.17, 15) is 0 Å². The van der Waals surface area contributed by atoms with Crippen LogP contribution in [0.25, 0.3) is 0 Å². The summed E-state index contributed by atoms with van der Waals surface area (Å²) in [6.07, 6.45) is 0. The van der Waals surface area contributed by atoms with Crippen LogP contribution < -0.4 is 22.9 Å². The molecule has 4 aromatic carbocycles. The van der Waals surface area contributed by atoms with Crippen LogP contribution in [-0.2, 0) is 0 Å². The molecule has 4 heteroatoms. The van der Waals surface area contributed by atoms with Crippen molar-refractivity contribution in [3.05, 3.63) is 119 Å². The summed E-state index contributed by atoms with van der Waals surface area (Å²) in [6.45, 7) is 0. The van der Waals surface area contributed by atoms with Crippen LogP contribution in [0.5, 0.6) is 0 Å². The Morgan fingerprint density at radius 2 is 0.600 bits per heavy atom. The maximum atomic E-state index is 6.17. The third-order valence-corrected chi connectivity index (χ3v) is 5.41. The molecular weight excluding hydrogens is 368 g/mol. The van der Waals surface area contributed by atoms with Gasteiger partial charge in [-0.2, -0.15) is 0 Å². The molecule has 150 valence electrons. The van der Waals surface area contributed by atoms with Crippen molar-refractivity contribution in [2.75, 3.05) is 22.9 Å². The fourth-order valence-corrected chi connectivity index (χ4v) is 4.16. The number of anilines is 4. The van der Waals surface area contributed by atoms with Gasteiger partial charge in [-0.05, 0) is 70.8 Å². The van der Waals surface area contributed by atoms with Crippen molar-refractivity contribution >= 4 is 22.7 Å². The van der Waals surface area contributed by atoms with Crippen molar-refractivity contribution in [2.45, 2.75) is 11.8 Å². The van der Waals surface area contributed by atoms with Crippen LogP contribution >= 0.6 is 0 Å². The lowest BCUT2D eigenvalue weighted by atomic mass is 9.73. The number of benzene rings is 4. The molecule has 0 aliphatic carbocycles. The van der Waals surface area contributed by atoms with Crippen molar-refractivity contribution in [2.24, 2.45) is 0 Å². The second-order valence-electron chi connectivity index (χ2n) is 7.64. The molecular formula is C26H26N4. The number of hydrogen-bond acceptors (Lipinski definition) is 4. The summed E-state index contributed by atoms with van der Waals surface area (Å²) in [7, 11) is 0. The van der Waals surface area contributed by atoms with Crippen molar-refractivity contribution < 1.29 is 0 Å². The Labute approximate surface area is 177 Å². The highest BCUT2D eigenvalue weighted by Crippen LogP contribution is 2.44. The van der Waals surface area contributed by atoms with E-state index >= 15 is 0 Å². The van der Waals surface area contributed by atoms with Gasteiger partial charge in [0, 0.05) is 34.6 Å². The summed E-state index contributed by atoms with van der Waals surface area (Å²) in [5.41, 5.74) is 32.0. The molecule has 0 saturated carbocycles. The maximum Gasteiger partial charge on any atom is 0.0316 e. The van der Waals surface area contributed by atoms with Gasteiger partial charge in [0.15, 0.2) is 0 Å². The molecule has 0 spiro atoms. The molecule has 30 heavy (non-hydrogen) atoms. The number of hydrogen-bond donors (Lipinski definition) is 4. The highest BCUT2D eigenvalue weighted by Gasteiger charge is 2.29. The van der Waals surface area contributed by atoms with Crippen molar-refractivity contribution in [3.8, 4) is 0 Å². The number of nitrogens with two attached hydrogens (primary N) is 4. The van der Waals surface area contributed by atoms with Crippen LogP contribution in [-0.4, -0.2) is 0 Å². The molecule has 0 fully saturated rings. The summed E-state index contributed by atoms with van der Waals surface area (Å²) in [5.74, 6) is -0.0544. The highest BCUT2D eigenvalue weighted by molar-refractivity contribution is 5.55. The quantitative estimate of drug-likeness (QED) is 0.358. The SMILES string of the molecule is Nc1cccc(C(c2cccc(N)c2)C(c2cccc(N)c2)c2cccc(N)c2)c1. The molecule has 4 rings (SSSR count). The first kappa shape index (κ1) is 19.4. The van der Waals surface area contributed by atoms with Crippen LogP contribution in [0, 0.1) is 0 Å². The molecule has 0 atom stereocenters. The van der Waals surface area contributed by atoms with Gasteiger partial charge >= 0.3 is 0 Å². The van der Waals surface area contributed by atoms with E-state index in [4.69, 9.17) is 22.9 Å². The van der Waals surface area contributed by atoms with Crippen LogP contribution in [0.4, 0.5) is 22.7 Å². The lowest BCUT2D eigenvalue weighted by Gasteiger charge is -2.30. The maximum absolute atomic E-state index is 6.17. The molecule has 0 heterocycles. The Balaban J connectivity index is 1.99. The van der Waals surface area contributed by atoms with Gasteiger partial charge in [-0.15, -0.1) is 0 Å². The Kier molecular flexibility index (Phi) is 5.31. The van der Waals surface area contributed by atoms with Gasteiger partial charge < -0.3 is 22.9 Å². The zero-order chi connectivity index (χ0) is 21.1. The van der Waals surface area contributed by atoms with E-state index in [-0.39, 0.29) is 11.8 Å². The van der Waals surface area contributed by atoms with Crippen LogP contribution in [0.1, 0.15) is 34.1 Å². The minimum Gasteiger partial charge on any atom is -0.399 e. The van der Waals surface area contributed by atoms with E-state index in [1.807, 2.05) is 72.8 Å². The number of rotatable bonds is 5. The number of nitrogen functional groups attached to an aromatic ring is 4. The standard InChI is InChI=1S/C26H26N4/c27-21-9-1-5-17(13-21)25(18-6-2-10-22(28)14-18)26(19-7-3-11-23(29)15-19)20-8-4-12-24(30)16-20/h1-16,25-26H,27-30H2. The molecule has 0 aromatic heterocycles. The molecule has 4 aromatic rings. The van der Waals surface area contributed by atoms with Gasteiger partial charge in [0.2, 0.25) is 0 Å². The average molecular weight is 395 g/mol. The minimum atomic E-state index is -0.0272. The summed E-state index contributed by atoms with van der Waals surface area (Å²) >= 11 is 0. The largest absolute Gasteiger partial charge is 0.399 e. The van der Waals surface area contributed by atoms with Gasteiger partial charge in [0.05, 0.1) is 0 Å². The Hall–Kier alpha value is -3.92. The molecule has 0 aliphatic heterocycles. The van der Waals surface area contributed by atoms with Gasteiger partial charge in [-0.25, -0.2) is 0 Å². The van der Waals surface area contributed by atoms with Gasteiger partial charge in [-0.1, -0.05) is 48.5 Å². The van der Waals surface area contributed by atoms with Gasteiger partial charge in [-0.3, -0.25) is 0 Å². The molecule has 0 radical (unpaired) electrons. The average Bonchev–Trinajstić information content (AvgIpc) is 2.72. The van der Waals surface area contributed by atoms with Crippen molar-refractivity contribution in [3.63, 3.8) is 0 Å². The Morgan fingerprint density at radius 3 is 0.800 bits per heavy atom. The van der Waals surface area contributed by atoms with E-state index in [0.717, 1.165) is 45.0 Å². The van der Waals surface area contributed by atoms with E-state index in [0.29, 0.717) is 0 Å². The van der Waals surface area contributed by atoms with E-state index in [2.05, 4.69) is 24.3 Å². The topological polar surface area (TPSA) is 104 Å². The lowest BCUT2D eigenvalue weighted by molar-refractivity contribution is 0.695. The first-order chi connectivity index (χ1) is 14.5. The molecule has 0 amide bonds. The van der Waals surface area contributed by atoms with E-state index in [1.54, 1.807) is 0 Å². The Bertz CT molecular complexity index is 985. The molecule has 8 N–H and O–H groups in total. The van der Waals surface area contributed by atoms with Crippen molar-refractivity contribution in [1.29, 1.82) is 0 Å². The predicted octanol–water partition coefficient (Wildman–Crippen LogP) is 4.98. The second-order valence-corrected chi connectivity index (χ2v) is 7.64. The van der Waals surface area contributed by atoms with E-state index < -0.39 is 0 Å². The summed E-state index contributed by atoms with van der Waals surface area (Å²) in [5, 5.41) is 0.